The maximum Gasteiger partial charge on any atom is 0.319 e. The Balaban J connectivity index is 1.32. The Morgan fingerprint density at radius 1 is 1.34 bits per heavy atom. The first kappa shape index (κ1) is 23.4. The smallest absolute Gasteiger partial charge is 0.319 e. The zero-order valence-electron chi connectivity index (χ0n) is 19.8. The van der Waals surface area contributed by atoms with Gasteiger partial charge in [0.05, 0.1) is 19.8 Å². The minimum absolute atomic E-state index is 0.153. The van der Waals surface area contributed by atoms with Gasteiger partial charge in [-0.2, -0.15) is 15.1 Å². The number of carbonyl (C=O) groups is 1. The van der Waals surface area contributed by atoms with E-state index in [1.54, 1.807) is 19.2 Å². The maximum atomic E-state index is 12.8. The van der Waals surface area contributed by atoms with E-state index in [4.69, 9.17) is 9.47 Å². The lowest BCUT2D eigenvalue weighted by atomic mass is 9.92. The van der Waals surface area contributed by atoms with Crippen LogP contribution < -0.4 is 15.0 Å². The van der Waals surface area contributed by atoms with Crippen LogP contribution in [0.3, 0.4) is 0 Å². The van der Waals surface area contributed by atoms with Gasteiger partial charge in [-0.25, -0.2) is 4.98 Å². The number of aromatic amines is 1. The van der Waals surface area contributed by atoms with Crippen LogP contribution in [-0.2, 0) is 4.74 Å². The SMILES string of the molecule is C[C@H](CO)NC(=O)c1cc(N2CCC(c3[nH]nc4ncccc34)CC2)nc(OC[C@@H]2CCOC2)n1. The summed E-state index contributed by atoms with van der Waals surface area (Å²) in [6.45, 7) is 4.96. The number of piperidine rings is 1. The summed E-state index contributed by atoms with van der Waals surface area (Å²) >= 11 is 0. The van der Waals surface area contributed by atoms with Crippen molar-refractivity contribution < 1.29 is 19.4 Å². The highest BCUT2D eigenvalue weighted by molar-refractivity contribution is 5.93. The molecule has 0 unspecified atom stereocenters. The van der Waals surface area contributed by atoms with Gasteiger partial charge < -0.3 is 24.8 Å². The molecule has 5 heterocycles. The molecule has 2 saturated heterocycles. The lowest BCUT2D eigenvalue weighted by molar-refractivity contribution is 0.0915. The number of hydrogen-bond donors (Lipinski definition) is 3. The van der Waals surface area contributed by atoms with E-state index in [0.717, 1.165) is 55.7 Å². The highest BCUT2D eigenvalue weighted by Crippen LogP contribution is 2.32. The topological polar surface area (TPSA) is 138 Å². The molecule has 35 heavy (non-hydrogen) atoms. The predicted octanol–water partition coefficient (Wildman–Crippen LogP) is 1.66. The first-order chi connectivity index (χ1) is 17.1. The Morgan fingerprint density at radius 3 is 2.97 bits per heavy atom. The quantitative estimate of drug-likeness (QED) is 0.438. The molecule has 2 fully saturated rings. The van der Waals surface area contributed by atoms with Crippen LogP contribution >= 0.6 is 0 Å². The van der Waals surface area contributed by atoms with Crippen molar-refractivity contribution in [2.24, 2.45) is 5.92 Å². The van der Waals surface area contributed by atoms with Gasteiger partial charge in [0, 0.05) is 60.9 Å². The van der Waals surface area contributed by atoms with Gasteiger partial charge in [0.25, 0.3) is 5.91 Å². The molecule has 0 aromatic carbocycles. The van der Waals surface area contributed by atoms with E-state index in [0.29, 0.717) is 30.9 Å². The number of fused-ring (bicyclic) bond motifs is 1. The molecule has 5 rings (SSSR count). The summed E-state index contributed by atoms with van der Waals surface area (Å²) in [5.74, 6) is 0.932. The molecule has 0 saturated carbocycles. The fraction of sp³-hybridized carbons (Fsp3) is 0.542. The van der Waals surface area contributed by atoms with Crippen LogP contribution in [0.4, 0.5) is 5.82 Å². The van der Waals surface area contributed by atoms with Crippen LogP contribution in [0.1, 0.15) is 48.3 Å². The van der Waals surface area contributed by atoms with Crippen LogP contribution in [0.25, 0.3) is 11.0 Å². The van der Waals surface area contributed by atoms with Gasteiger partial charge in [0.1, 0.15) is 11.5 Å². The van der Waals surface area contributed by atoms with Crippen LogP contribution in [-0.4, -0.2) is 81.7 Å². The summed E-state index contributed by atoms with van der Waals surface area (Å²) in [6.07, 6.45) is 4.51. The number of H-pyrrole nitrogens is 1. The normalized spacial score (nSPS) is 19.7. The van der Waals surface area contributed by atoms with E-state index in [2.05, 4.69) is 41.4 Å². The van der Waals surface area contributed by atoms with Crippen molar-refractivity contribution in [3.05, 3.63) is 35.8 Å². The summed E-state index contributed by atoms with van der Waals surface area (Å²) < 4.78 is 11.3. The van der Waals surface area contributed by atoms with E-state index >= 15 is 0 Å². The van der Waals surface area contributed by atoms with Crippen molar-refractivity contribution in [3.63, 3.8) is 0 Å². The number of anilines is 1. The van der Waals surface area contributed by atoms with Gasteiger partial charge in [-0.05, 0) is 38.3 Å². The Morgan fingerprint density at radius 2 is 2.20 bits per heavy atom. The molecular formula is C24H31N7O4. The number of aliphatic hydroxyl groups is 1. The summed E-state index contributed by atoms with van der Waals surface area (Å²) in [6, 6.07) is 5.48. The van der Waals surface area contributed by atoms with Crippen molar-refractivity contribution in [1.29, 1.82) is 0 Å². The monoisotopic (exact) mass is 481 g/mol. The number of ether oxygens (including phenoxy) is 2. The second kappa shape index (κ2) is 10.5. The predicted molar refractivity (Wildman–Crippen MR) is 129 cm³/mol. The maximum absolute atomic E-state index is 12.8. The Kier molecular flexibility index (Phi) is 7.05. The third-order valence-corrected chi connectivity index (χ3v) is 6.63. The van der Waals surface area contributed by atoms with Crippen molar-refractivity contribution in [3.8, 4) is 6.01 Å². The number of aliphatic hydroxyl groups excluding tert-OH is 1. The highest BCUT2D eigenvalue weighted by atomic mass is 16.5. The molecular weight excluding hydrogens is 450 g/mol. The van der Waals surface area contributed by atoms with Crippen molar-refractivity contribution in [2.75, 3.05) is 44.4 Å². The average molecular weight is 482 g/mol. The van der Waals surface area contributed by atoms with Crippen LogP contribution in [0.2, 0.25) is 0 Å². The van der Waals surface area contributed by atoms with Crippen LogP contribution in [0.5, 0.6) is 6.01 Å². The lowest BCUT2D eigenvalue weighted by Gasteiger charge is -2.32. The lowest BCUT2D eigenvalue weighted by Crippen LogP contribution is -2.37. The fourth-order valence-electron chi connectivity index (χ4n) is 4.58. The van der Waals surface area contributed by atoms with Gasteiger partial charge >= 0.3 is 6.01 Å². The molecule has 2 aliphatic rings. The number of nitrogens with zero attached hydrogens (tertiary/aromatic N) is 5. The zero-order chi connectivity index (χ0) is 24.2. The first-order valence-corrected chi connectivity index (χ1v) is 12.2. The standard InChI is InChI=1S/C24H31N7O4/c1-15(12-32)26-23(33)19-11-20(28-24(27-19)35-14-16-6-10-34-13-16)31-8-4-17(5-9-31)21-18-3-2-7-25-22(18)30-29-21/h2-3,7,11,15-17,32H,4-6,8-10,12-14H2,1H3,(H,26,33)(H,25,29,30)/t15-,16-/m1/s1. The fourth-order valence-corrected chi connectivity index (χ4v) is 4.58. The van der Waals surface area contributed by atoms with Crippen molar-refractivity contribution in [2.45, 2.75) is 38.1 Å². The minimum Gasteiger partial charge on any atom is -0.463 e. The van der Waals surface area contributed by atoms with E-state index in [1.807, 2.05) is 6.07 Å². The summed E-state index contributed by atoms with van der Waals surface area (Å²) in [4.78, 5) is 28.2. The molecule has 2 aliphatic heterocycles. The molecule has 11 heteroatoms. The largest absolute Gasteiger partial charge is 0.463 e. The van der Waals surface area contributed by atoms with Crippen molar-refractivity contribution in [1.82, 2.24) is 30.5 Å². The van der Waals surface area contributed by atoms with Crippen molar-refractivity contribution >= 4 is 22.8 Å². The molecule has 0 spiro atoms. The first-order valence-electron chi connectivity index (χ1n) is 12.2. The molecule has 1 amide bonds. The number of hydrogen-bond acceptors (Lipinski definition) is 9. The third kappa shape index (κ3) is 5.35. The molecule has 3 N–H and O–H groups in total. The summed E-state index contributed by atoms with van der Waals surface area (Å²) in [5, 5.41) is 20.7. The average Bonchev–Trinajstić information content (AvgIpc) is 3.57. The summed E-state index contributed by atoms with van der Waals surface area (Å²) in [7, 11) is 0. The molecule has 0 bridgehead atoms. The van der Waals surface area contributed by atoms with Gasteiger partial charge in [-0.1, -0.05) is 0 Å². The molecule has 11 nitrogen and oxygen atoms in total. The minimum atomic E-state index is -0.379. The molecule has 2 atom stereocenters. The number of carbonyl (C=O) groups excluding carboxylic acids is 1. The van der Waals surface area contributed by atoms with Gasteiger partial charge in [-0.3, -0.25) is 9.89 Å². The van der Waals surface area contributed by atoms with E-state index in [1.165, 1.54) is 0 Å². The molecule has 0 aliphatic carbocycles. The molecule has 3 aromatic rings. The van der Waals surface area contributed by atoms with Gasteiger partial charge in [0.15, 0.2) is 5.65 Å². The van der Waals surface area contributed by atoms with Gasteiger partial charge in [-0.15, -0.1) is 0 Å². The van der Waals surface area contributed by atoms with E-state index in [9.17, 15) is 9.90 Å². The number of nitrogens with one attached hydrogen (secondary N) is 2. The molecule has 186 valence electrons. The number of pyridine rings is 1. The Labute approximate surface area is 203 Å². The second-order valence-corrected chi connectivity index (χ2v) is 9.26. The molecule has 0 radical (unpaired) electrons. The van der Waals surface area contributed by atoms with Gasteiger partial charge in [0.2, 0.25) is 0 Å². The Hall–Kier alpha value is -3.31. The number of amides is 1. The second-order valence-electron chi connectivity index (χ2n) is 9.26. The Bertz CT molecular complexity index is 1160. The third-order valence-electron chi connectivity index (χ3n) is 6.63. The van der Waals surface area contributed by atoms with E-state index in [-0.39, 0.29) is 30.3 Å². The van der Waals surface area contributed by atoms with Crippen LogP contribution in [0.15, 0.2) is 24.4 Å². The van der Waals surface area contributed by atoms with Crippen LogP contribution in [0, 0.1) is 5.92 Å². The highest BCUT2D eigenvalue weighted by Gasteiger charge is 2.26. The number of aromatic nitrogens is 5. The molecule has 3 aromatic heterocycles. The zero-order valence-corrected chi connectivity index (χ0v) is 19.8. The summed E-state index contributed by atoms with van der Waals surface area (Å²) in [5.41, 5.74) is 2.08. The van der Waals surface area contributed by atoms with E-state index < -0.39 is 0 Å². The number of rotatable bonds is 8.